The van der Waals surface area contributed by atoms with Crippen molar-refractivity contribution in [3.8, 4) is 0 Å². The van der Waals surface area contributed by atoms with Crippen LogP contribution in [0.25, 0.3) is 0 Å². The highest BCUT2D eigenvalue weighted by atomic mass is 32.1. The molecular weight excluding hydrogens is 230 g/mol. The molecule has 3 heteroatoms. The van der Waals surface area contributed by atoms with Crippen molar-refractivity contribution in [2.45, 2.75) is 50.6 Å². The number of thiophene rings is 1. The third-order valence-corrected chi connectivity index (χ3v) is 4.91. The second-order valence-electron chi connectivity index (χ2n) is 5.30. The summed E-state index contributed by atoms with van der Waals surface area (Å²) in [5.74, 6) is 0.492. The molecule has 1 aromatic heterocycles. The Morgan fingerprint density at radius 2 is 2.06 bits per heavy atom. The molecular formula is C14H19NOS. The molecule has 2 aliphatic heterocycles. The van der Waals surface area contributed by atoms with Crippen LogP contribution < -0.4 is 0 Å². The van der Waals surface area contributed by atoms with Gasteiger partial charge in [-0.1, -0.05) is 6.42 Å². The van der Waals surface area contributed by atoms with Crippen LogP contribution in [-0.2, 0) is 11.2 Å². The number of hydrogen-bond acceptors (Lipinski definition) is 3. The fourth-order valence-electron chi connectivity index (χ4n) is 3.32. The van der Waals surface area contributed by atoms with E-state index < -0.39 is 0 Å². The fourth-order valence-corrected chi connectivity index (χ4v) is 4.03. The van der Waals surface area contributed by atoms with Gasteiger partial charge in [-0.05, 0) is 41.7 Å². The normalized spacial score (nSPS) is 29.5. The van der Waals surface area contributed by atoms with Crippen LogP contribution in [0.4, 0.5) is 0 Å². The lowest BCUT2D eigenvalue weighted by Crippen LogP contribution is -2.52. The van der Waals surface area contributed by atoms with Crippen LogP contribution in [-0.4, -0.2) is 29.3 Å². The Labute approximate surface area is 107 Å². The molecule has 0 radical (unpaired) electrons. The molecule has 0 N–H and O–H groups in total. The number of piperidine rings is 2. The summed E-state index contributed by atoms with van der Waals surface area (Å²) in [5.41, 5.74) is 1.45. The van der Waals surface area contributed by atoms with E-state index in [1.807, 2.05) is 0 Å². The molecule has 0 saturated carbocycles. The zero-order valence-corrected chi connectivity index (χ0v) is 10.9. The number of rotatable bonds is 3. The first-order valence-corrected chi connectivity index (χ1v) is 7.56. The molecule has 17 heavy (non-hydrogen) atoms. The standard InChI is InChI=1S/C14H19NOS/c16-14-8-12-2-1-3-13(9-14)15(12)6-4-11-5-7-17-10-11/h5,7,10,12-13H,1-4,6,8-9H2. The average molecular weight is 249 g/mol. The van der Waals surface area contributed by atoms with Crippen molar-refractivity contribution in [1.29, 1.82) is 0 Å². The molecule has 3 heterocycles. The van der Waals surface area contributed by atoms with Crippen LogP contribution in [0.15, 0.2) is 16.8 Å². The number of Topliss-reactive ketones (excluding diaryl/α,β-unsaturated/α-hetero) is 1. The summed E-state index contributed by atoms with van der Waals surface area (Å²) in [7, 11) is 0. The average Bonchev–Trinajstić information content (AvgIpc) is 2.79. The summed E-state index contributed by atoms with van der Waals surface area (Å²) >= 11 is 1.78. The maximum absolute atomic E-state index is 11.6. The number of nitrogens with zero attached hydrogens (tertiary/aromatic N) is 1. The van der Waals surface area contributed by atoms with E-state index in [9.17, 15) is 4.79 Å². The molecule has 2 unspecified atom stereocenters. The molecule has 92 valence electrons. The summed E-state index contributed by atoms with van der Waals surface area (Å²) < 4.78 is 0. The first kappa shape index (κ1) is 11.4. The SMILES string of the molecule is O=C1CC2CCCC(C1)N2CCc1ccsc1. The van der Waals surface area contributed by atoms with Gasteiger partial charge in [-0.25, -0.2) is 0 Å². The van der Waals surface area contributed by atoms with Crippen LogP contribution in [0, 0.1) is 0 Å². The van der Waals surface area contributed by atoms with E-state index in [-0.39, 0.29) is 0 Å². The largest absolute Gasteiger partial charge is 0.300 e. The Hall–Kier alpha value is -0.670. The van der Waals surface area contributed by atoms with Gasteiger partial charge >= 0.3 is 0 Å². The van der Waals surface area contributed by atoms with E-state index in [0.717, 1.165) is 25.8 Å². The third-order valence-electron chi connectivity index (χ3n) is 4.18. The summed E-state index contributed by atoms with van der Waals surface area (Å²) in [6.07, 6.45) is 6.53. The number of carbonyl (C=O) groups is 1. The Morgan fingerprint density at radius 3 is 2.71 bits per heavy atom. The van der Waals surface area contributed by atoms with Crippen molar-refractivity contribution in [3.63, 3.8) is 0 Å². The third kappa shape index (κ3) is 2.45. The lowest BCUT2D eigenvalue weighted by molar-refractivity contribution is -0.127. The van der Waals surface area contributed by atoms with Crippen molar-refractivity contribution >= 4 is 17.1 Å². The van der Waals surface area contributed by atoms with E-state index in [1.54, 1.807) is 11.3 Å². The van der Waals surface area contributed by atoms with Crippen molar-refractivity contribution in [2.24, 2.45) is 0 Å². The molecule has 1 aromatic rings. The maximum Gasteiger partial charge on any atom is 0.136 e. The molecule has 2 atom stereocenters. The van der Waals surface area contributed by atoms with Crippen LogP contribution in [0.1, 0.15) is 37.7 Å². The summed E-state index contributed by atoms with van der Waals surface area (Å²) in [6.45, 7) is 1.14. The molecule has 3 rings (SSSR count). The van der Waals surface area contributed by atoms with Gasteiger partial charge < -0.3 is 0 Å². The number of fused-ring (bicyclic) bond motifs is 2. The van der Waals surface area contributed by atoms with Gasteiger partial charge in [0.1, 0.15) is 5.78 Å². The van der Waals surface area contributed by atoms with Crippen LogP contribution in [0.3, 0.4) is 0 Å². The molecule has 2 nitrogen and oxygen atoms in total. The zero-order chi connectivity index (χ0) is 11.7. The number of carbonyl (C=O) groups excluding carboxylic acids is 1. The summed E-state index contributed by atoms with van der Waals surface area (Å²) in [6, 6.07) is 3.32. The lowest BCUT2D eigenvalue weighted by Gasteiger charge is -2.45. The topological polar surface area (TPSA) is 20.3 Å². The predicted octanol–water partition coefficient (Wildman–Crippen LogP) is 2.88. The van der Waals surface area contributed by atoms with E-state index in [4.69, 9.17) is 0 Å². The Bertz CT molecular complexity index is 371. The molecule has 2 aliphatic rings. The van der Waals surface area contributed by atoms with E-state index in [0.29, 0.717) is 17.9 Å². The quantitative estimate of drug-likeness (QED) is 0.821. The molecule has 0 amide bonds. The summed E-state index contributed by atoms with van der Waals surface area (Å²) in [5, 5.41) is 4.39. The Kier molecular flexibility index (Phi) is 3.30. The first-order valence-electron chi connectivity index (χ1n) is 6.61. The van der Waals surface area contributed by atoms with Crippen molar-refractivity contribution in [2.75, 3.05) is 6.54 Å². The smallest absolute Gasteiger partial charge is 0.136 e. The van der Waals surface area contributed by atoms with Gasteiger partial charge in [-0.15, -0.1) is 0 Å². The number of ketones is 1. The van der Waals surface area contributed by atoms with E-state index in [2.05, 4.69) is 21.7 Å². The minimum Gasteiger partial charge on any atom is -0.300 e. The van der Waals surface area contributed by atoms with Crippen molar-refractivity contribution in [3.05, 3.63) is 22.4 Å². The zero-order valence-electron chi connectivity index (χ0n) is 10.1. The predicted molar refractivity (Wildman–Crippen MR) is 70.4 cm³/mol. The van der Waals surface area contributed by atoms with Gasteiger partial charge in [0.2, 0.25) is 0 Å². The highest BCUT2D eigenvalue weighted by molar-refractivity contribution is 7.07. The van der Waals surface area contributed by atoms with Crippen molar-refractivity contribution < 1.29 is 4.79 Å². The van der Waals surface area contributed by atoms with Gasteiger partial charge in [0.25, 0.3) is 0 Å². The molecule has 0 spiro atoms. The first-order chi connectivity index (χ1) is 8.33. The minimum absolute atomic E-state index is 0.492. The number of hydrogen-bond donors (Lipinski definition) is 0. The van der Waals surface area contributed by atoms with Gasteiger partial charge in [0, 0.05) is 31.5 Å². The molecule has 2 bridgehead atoms. The second kappa shape index (κ2) is 4.91. The molecule has 2 fully saturated rings. The monoisotopic (exact) mass is 249 g/mol. The van der Waals surface area contributed by atoms with Crippen LogP contribution >= 0.6 is 11.3 Å². The molecule has 0 aromatic carbocycles. The van der Waals surface area contributed by atoms with Gasteiger partial charge in [0.05, 0.1) is 0 Å². The Balaban J connectivity index is 1.64. The van der Waals surface area contributed by atoms with Gasteiger partial charge in [-0.2, -0.15) is 11.3 Å². The minimum atomic E-state index is 0.492. The highest BCUT2D eigenvalue weighted by Gasteiger charge is 2.36. The lowest BCUT2D eigenvalue weighted by atomic mass is 9.83. The second-order valence-corrected chi connectivity index (χ2v) is 6.08. The maximum atomic E-state index is 11.6. The van der Waals surface area contributed by atoms with Crippen molar-refractivity contribution in [1.82, 2.24) is 4.90 Å². The fraction of sp³-hybridized carbons (Fsp3) is 0.643. The van der Waals surface area contributed by atoms with Crippen LogP contribution in [0.5, 0.6) is 0 Å². The van der Waals surface area contributed by atoms with Gasteiger partial charge in [0.15, 0.2) is 0 Å². The van der Waals surface area contributed by atoms with E-state index >= 15 is 0 Å². The molecule has 0 aliphatic carbocycles. The molecule has 2 saturated heterocycles. The van der Waals surface area contributed by atoms with Crippen LogP contribution in [0.2, 0.25) is 0 Å². The summed E-state index contributed by atoms with van der Waals surface area (Å²) in [4.78, 5) is 14.2. The highest BCUT2D eigenvalue weighted by Crippen LogP contribution is 2.32. The van der Waals surface area contributed by atoms with Gasteiger partial charge in [-0.3, -0.25) is 9.69 Å². The van der Waals surface area contributed by atoms with E-state index in [1.165, 1.54) is 24.8 Å². The Morgan fingerprint density at radius 1 is 1.29 bits per heavy atom.